The van der Waals surface area contributed by atoms with E-state index in [1.807, 2.05) is 66.7 Å². The molecule has 0 aliphatic heterocycles. The Hall–Kier alpha value is -2.81. The van der Waals surface area contributed by atoms with Gasteiger partial charge in [-0.05, 0) is 40.5 Å². The summed E-state index contributed by atoms with van der Waals surface area (Å²) in [5.74, 6) is -4.57. The van der Waals surface area contributed by atoms with E-state index in [4.69, 9.17) is 0 Å². The number of halogens is 2. The number of Topliss-reactive ketones (excluding diaryl/α,β-unsaturated/α-hetero) is 1. The molecule has 3 heteroatoms. The van der Waals surface area contributed by atoms with E-state index in [-0.39, 0.29) is 5.56 Å². The van der Waals surface area contributed by atoms with E-state index in [2.05, 4.69) is 0 Å². The number of hydrogen-bond acceptors (Lipinski definition) is 1. The molecule has 0 spiro atoms. The van der Waals surface area contributed by atoms with Crippen LogP contribution in [-0.2, 0) is 0 Å². The standard InChI is InChI=1S/C21H16F2O/c1-21(22,23)20(24)19-13-17(15-8-4-2-5-9-15)12-18(14-19)16-10-6-3-7-11-16/h2-14H,1H3. The first kappa shape index (κ1) is 16.1. The van der Waals surface area contributed by atoms with Gasteiger partial charge >= 0.3 is 5.92 Å². The molecule has 0 aliphatic carbocycles. The van der Waals surface area contributed by atoms with Gasteiger partial charge in [-0.25, -0.2) is 0 Å². The lowest BCUT2D eigenvalue weighted by Gasteiger charge is -2.13. The van der Waals surface area contributed by atoms with Crippen molar-refractivity contribution in [2.75, 3.05) is 0 Å². The molecule has 3 rings (SSSR count). The van der Waals surface area contributed by atoms with Crippen LogP contribution in [0.1, 0.15) is 17.3 Å². The Morgan fingerprint density at radius 1 is 0.708 bits per heavy atom. The average Bonchev–Trinajstić information content (AvgIpc) is 2.61. The third kappa shape index (κ3) is 3.40. The minimum Gasteiger partial charge on any atom is -0.287 e. The Bertz CT molecular complexity index is 792. The molecule has 120 valence electrons. The van der Waals surface area contributed by atoms with Crippen LogP contribution in [0.2, 0.25) is 0 Å². The maximum Gasteiger partial charge on any atom is 0.307 e. The molecular formula is C21H16F2O. The Labute approximate surface area is 139 Å². The van der Waals surface area contributed by atoms with Crippen molar-refractivity contribution in [3.8, 4) is 22.3 Å². The molecular weight excluding hydrogens is 306 g/mol. The minimum atomic E-state index is -3.40. The molecule has 24 heavy (non-hydrogen) atoms. The fourth-order valence-electron chi connectivity index (χ4n) is 2.61. The van der Waals surface area contributed by atoms with Crippen LogP contribution >= 0.6 is 0 Å². The molecule has 0 fully saturated rings. The van der Waals surface area contributed by atoms with E-state index in [1.54, 1.807) is 0 Å². The van der Waals surface area contributed by atoms with Gasteiger partial charge in [0.1, 0.15) is 0 Å². The molecule has 0 N–H and O–H groups in total. The van der Waals surface area contributed by atoms with Crippen molar-refractivity contribution in [3.05, 3.63) is 84.4 Å². The van der Waals surface area contributed by atoms with Crippen molar-refractivity contribution in [1.82, 2.24) is 0 Å². The molecule has 0 saturated carbocycles. The third-order valence-corrected chi connectivity index (χ3v) is 3.81. The van der Waals surface area contributed by atoms with Gasteiger partial charge in [0, 0.05) is 12.5 Å². The first-order chi connectivity index (χ1) is 11.4. The lowest BCUT2D eigenvalue weighted by atomic mass is 9.93. The summed E-state index contributed by atoms with van der Waals surface area (Å²) < 4.78 is 27.0. The van der Waals surface area contributed by atoms with Crippen molar-refractivity contribution >= 4 is 5.78 Å². The van der Waals surface area contributed by atoms with Crippen LogP contribution in [0.25, 0.3) is 22.3 Å². The van der Waals surface area contributed by atoms with Gasteiger partial charge in [0.25, 0.3) is 0 Å². The van der Waals surface area contributed by atoms with Gasteiger partial charge in [-0.15, -0.1) is 0 Å². The molecule has 0 saturated heterocycles. The minimum absolute atomic E-state index is 0.0164. The van der Waals surface area contributed by atoms with Crippen LogP contribution in [0.3, 0.4) is 0 Å². The Morgan fingerprint density at radius 3 is 1.50 bits per heavy atom. The van der Waals surface area contributed by atoms with Crippen LogP contribution in [0.4, 0.5) is 8.78 Å². The second-order valence-electron chi connectivity index (χ2n) is 5.75. The molecule has 3 aromatic carbocycles. The maximum atomic E-state index is 13.5. The number of hydrogen-bond donors (Lipinski definition) is 0. The summed E-state index contributed by atoms with van der Waals surface area (Å²) in [6.07, 6.45) is 0. The van der Waals surface area contributed by atoms with Gasteiger partial charge in [0.2, 0.25) is 5.78 Å². The second kappa shape index (κ2) is 6.36. The van der Waals surface area contributed by atoms with E-state index in [0.29, 0.717) is 6.92 Å². The number of benzene rings is 3. The smallest absolute Gasteiger partial charge is 0.287 e. The van der Waals surface area contributed by atoms with Gasteiger partial charge in [-0.1, -0.05) is 60.7 Å². The molecule has 0 atom stereocenters. The topological polar surface area (TPSA) is 17.1 Å². The van der Waals surface area contributed by atoms with Crippen molar-refractivity contribution in [2.24, 2.45) is 0 Å². The highest BCUT2D eigenvalue weighted by Gasteiger charge is 2.33. The van der Waals surface area contributed by atoms with E-state index < -0.39 is 11.7 Å². The summed E-state index contributed by atoms with van der Waals surface area (Å²) >= 11 is 0. The van der Waals surface area contributed by atoms with E-state index in [9.17, 15) is 13.6 Å². The van der Waals surface area contributed by atoms with Crippen molar-refractivity contribution in [3.63, 3.8) is 0 Å². The van der Waals surface area contributed by atoms with Crippen molar-refractivity contribution in [1.29, 1.82) is 0 Å². The van der Waals surface area contributed by atoms with Crippen LogP contribution in [0.15, 0.2) is 78.9 Å². The summed E-state index contributed by atoms with van der Waals surface area (Å²) in [5.41, 5.74) is 3.25. The second-order valence-corrected chi connectivity index (χ2v) is 5.75. The number of alkyl halides is 2. The predicted molar refractivity (Wildman–Crippen MR) is 92.3 cm³/mol. The molecule has 0 unspecified atom stereocenters. The molecule has 0 radical (unpaired) electrons. The van der Waals surface area contributed by atoms with Crippen LogP contribution < -0.4 is 0 Å². The summed E-state index contributed by atoms with van der Waals surface area (Å²) in [4.78, 5) is 12.1. The summed E-state index contributed by atoms with van der Waals surface area (Å²) in [5, 5.41) is 0. The van der Waals surface area contributed by atoms with E-state index in [1.165, 1.54) is 12.1 Å². The lowest BCUT2D eigenvalue weighted by Crippen LogP contribution is -2.24. The predicted octanol–water partition coefficient (Wildman–Crippen LogP) is 5.86. The van der Waals surface area contributed by atoms with Gasteiger partial charge in [0.15, 0.2) is 0 Å². The summed E-state index contributed by atoms with van der Waals surface area (Å²) in [6.45, 7) is 0.632. The fraction of sp³-hybridized carbons (Fsp3) is 0.0952. The number of carbonyl (C=O) groups is 1. The van der Waals surface area contributed by atoms with Crippen LogP contribution in [-0.4, -0.2) is 11.7 Å². The van der Waals surface area contributed by atoms with Crippen LogP contribution in [0, 0.1) is 0 Å². The third-order valence-electron chi connectivity index (χ3n) is 3.81. The van der Waals surface area contributed by atoms with E-state index in [0.717, 1.165) is 22.3 Å². The first-order valence-corrected chi connectivity index (χ1v) is 7.64. The van der Waals surface area contributed by atoms with E-state index >= 15 is 0 Å². The zero-order chi connectivity index (χ0) is 17.2. The van der Waals surface area contributed by atoms with Gasteiger partial charge in [0.05, 0.1) is 0 Å². The van der Waals surface area contributed by atoms with Gasteiger partial charge in [-0.3, -0.25) is 4.79 Å². The summed E-state index contributed by atoms with van der Waals surface area (Å²) in [7, 11) is 0. The highest BCUT2D eigenvalue weighted by molar-refractivity contribution is 6.03. The molecule has 3 aromatic rings. The summed E-state index contributed by atoms with van der Waals surface area (Å²) in [6, 6.07) is 23.8. The molecule has 0 aliphatic rings. The highest BCUT2D eigenvalue weighted by atomic mass is 19.3. The maximum absolute atomic E-state index is 13.5. The highest BCUT2D eigenvalue weighted by Crippen LogP contribution is 2.30. The van der Waals surface area contributed by atoms with Gasteiger partial charge in [-0.2, -0.15) is 8.78 Å². The van der Waals surface area contributed by atoms with Crippen molar-refractivity contribution in [2.45, 2.75) is 12.8 Å². The normalized spacial score (nSPS) is 11.3. The largest absolute Gasteiger partial charge is 0.307 e. The lowest BCUT2D eigenvalue weighted by molar-refractivity contribution is 0.0222. The quantitative estimate of drug-likeness (QED) is 0.550. The molecule has 0 heterocycles. The van der Waals surface area contributed by atoms with Gasteiger partial charge < -0.3 is 0 Å². The number of rotatable bonds is 4. The molecule has 0 bridgehead atoms. The fourth-order valence-corrected chi connectivity index (χ4v) is 2.61. The van der Waals surface area contributed by atoms with Crippen LogP contribution in [0.5, 0.6) is 0 Å². The molecule has 0 aromatic heterocycles. The zero-order valence-corrected chi connectivity index (χ0v) is 13.2. The molecule has 1 nitrogen and oxygen atoms in total. The first-order valence-electron chi connectivity index (χ1n) is 7.64. The Morgan fingerprint density at radius 2 is 1.12 bits per heavy atom. The number of carbonyl (C=O) groups excluding carboxylic acids is 1. The molecule has 0 amide bonds. The Kier molecular flexibility index (Phi) is 4.26. The zero-order valence-electron chi connectivity index (χ0n) is 13.2. The average molecular weight is 322 g/mol. The Balaban J connectivity index is 2.18. The van der Waals surface area contributed by atoms with Crippen molar-refractivity contribution < 1.29 is 13.6 Å². The SMILES string of the molecule is CC(F)(F)C(=O)c1cc(-c2ccccc2)cc(-c2ccccc2)c1. The number of ketones is 1. The monoisotopic (exact) mass is 322 g/mol.